The molecule has 0 aliphatic carbocycles. The number of rotatable bonds is 8. The molecule has 0 radical (unpaired) electrons. The number of nitrogens with two attached hydrogens (primary N) is 1. The number of carbonyl (C=O) groups is 1. The van der Waals surface area contributed by atoms with E-state index in [0.717, 1.165) is 5.69 Å². The minimum Gasteiger partial charge on any atom is -0.493 e. The van der Waals surface area contributed by atoms with Gasteiger partial charge in [0.1, 0.15) is 6.61 Å². The summed E-state index contributed by atoms with van der Waals surface area (Å²) in [5, 5.41) is 9.68. The summed E-state index contributed by atoms with van der Waals surface area (Å²) in [5.74, 6) is 0.223. The fraction of sp³-hybridized carbons (Fsp3) is 0.158. The van der Waals surface area contributed by atoms with Gasteiger partial charge in [0.05, 0.1) is 24.1 Å². The molecule has 0 bridgehead atoms. The van der Waals surface area contributed by atoms with E-state index < -0.39 is 10.0 Å². The highest BCUT2D eigenvalue weighted by atomic mass is 32.2. The van der Waals surface area contributed by atoms with E-state index in [0.29, 0.717) is 34.9 Å². The Morgan fingerprint density at radius 3 is 2.72 bits per heavy atom. The van der Waals surface area contributed by atoms with E-state index in [1.807, 2.05) is 5.38 Å². The predicted molar refractivity (Wildman–Crippen MR) is 111 cm³/mol. The van der Waals surface area contributed by atoms with E-state index >= 15 is 0 Å². The predicted octanol–water partition coefficient (Wildman–Crippen LogP) is 2.77. The Morgan fingerprint density at radius 2 is 2.03 bits per heavy atom. The van der Waals surface area contributed by atoms with Crippen LogP contribution in [-0.2, 0) is 22.4 Å². The summed E-state index contributed by atoms with van der Waals surface area (Å²) in [6, 6.07) is 11.3. The lowest BCUT2D eigenvalue weighted by atomic mass is 10.1. The van der Waals surface area contributed by atoms with Gasteiger partial charge in [0.2, 0.25) is 10.0 Å². The average Bonchev–Trinajstić information content (AvgIpc) is 3.18. The van der Waals surface area contributed by atoms with Gasteiger partial charge in [-0.3, -0.25) is 4.79 Å². The molecule has 0 aliphatic rings. The van der Waals surface area contributed by atoms with Crippen LogP contribution in [0.2, 0.25) is 0 Å². The van der Waals surface area contributed by atoms with Crippen molar-refractivity contribution < 1.29 is 22.7 Å². The van der Waals surface area contributed by atoms with Crippen molar-refractivity contribution in [2.45, 2.75) is 12.4 Å². The molecule has 10 heteroatoms. The zero-order valence-corrected chi connectivity index (χ0v) is 17.1. The average molecular weight is 434 g/mol. The Balaban J connectivity index is 1.71. The molecule has 0 aliphatic heterocycles. The van der Waals surface area contributed by atoms with Crippen molar-refractivity contribution in [1.29, 1.82) is 0 Å². The molecule has 2 aromatic carbocycles. The van der Waals surface area contributed by atoms with Gasteiger partial charge in [-0.25, -0.2) is 18.5 Å². The van der Waals surface area contributed by atoms with Gasteiger partial charge in [0.15, 0.2) is 11.5 Å². The second-order valence-electron chi connectivity index (χ2n) is 6.10. The number of hydrogen-bond acceptors (Lipinski definition) is 7. The van der Waals surface area contributed by atoms with Gasteiger partial charge in [-0.2, -0.15) is 0 Å². The molecule has 3 aromatic rings. The molecule has 1 amide bonds. The van der Waals surface area contributed by atoms with Crippen molar-refractivity contribution in [1.82, 2.24) is 4.98 Å². The number of primary sulfonamides is 1. The van der Waals surface area contributed by atoms with Crippen LogP contribution in [0.5, 0.6) is 11.5 Å². The maximum absolute atomic E-state index is 12.6. The first-order valence-corrected chi connectivity index (χ1v) is 11.1. The molecule has 3 N–H and O–H groups in total. The number of thiazole rings is 1. The number of sulfonamides is 1. The Bertz CT molecular complexity index is 1100. The van der Waals surface area contributed by atoms with Gasteiger partial charge in [-0.1, -0.05) is 12.1 Å². The number of benzene rings is 2. The lowest BCUT2D eigenvalue weighted by Gasteiger charge is -2.12. The van der Waals surface area contributed by atoms with Crippen LogP contribution in [-0.4, -0.2) is 26.4 Å². The van der Waals surface area contributed by atoms with Crippen LogP contribution < -0.4 is 19.9 Å². The second kappa shape index (κ2) is 9.03. The minimum atomic E-state index is -3.66. The molecule has 3 rings (SSSR count). The van der Waals surface area contributed by atoms with Crippen molar-refractivity contribution in [2.24, 2.45) is 5.14 Å². The van der Waals surface area contributed by atoms with Crippen LogP contribution in [0.25, 0.3) is 0 Å². The van der Waals surface area contributed by atoms with E-state index in [1.54, 1.807) is 48.0 Å². The summed E-state index contributed by atoms with van der Waals surface area (Å²) in [5.41, 5.74) is 3.83. The highest BCUT2D eigenvalue weighted by molar-refractivity contribution is 7.88. The zero-order chi connectivity index (χ0) is 20.9. The number of aromatic nitrogens is 1. The Kier molecular flexibility index (Phi) is 6.47. The van der Waals surface area contributed by atoms with Crippen LogP contribution in [0, 0.1) is 0 Å². The van der Waals surface area contributed by atoms with Gasteiger partial charge < -0.3 is 14.8 Å². The molecule has 0 unspecified atom stereocenters. The van der Waals surface area contributed by atoms with Gasteiger partial charge in [0.25, 0.3) is 5.91 Å². The van der Waals surface area contributed by atoms with E-state index in [-0.39, 0.29) is 11.7 Å². The first-order chi connectivity index (χ1) is 13.8. The van der Waals surface area contributed by atoms with E-state index in [1.165, 1.54) is 18.4 Å². The lowest BCUT2D eigenvalue weighted by molar-refractivity contribution is 0.102. The third kappa shape index (κ3) is 6.01. The summed E-state index contributed by atoms with van der Waals surface area (Å²) in [6.07, 6.45) is 0. The monoisotopic (exact) mass is 433 g/mol. The second-order valence-corrected chi connectivity index (χ2v) is 8.43. The number of nitrogens with zero attached hydrogens (tertiary/aromatic N) is 1. The number of methoxy groups -OCH3 is 1. The highest BCUT2D eigenvalue weighted by Crippen LogP contribution is 2.29. The molecular weight excluding hydrogens is 414 g/mol. The quantitative estimate of drug-likeness (QED) is 0.563. The number of nitrogens with one attached hydrogen (secondary N) is 1. The van der Waals surface area contributed by atoms with Gasteiger partial charge >= 0.3 is 0 Å². The molecule has 0 saturated heterocycles. The molecule has 152 valence electrons. The van der Waals surface area contributed by atoms with E-state index in [4.69, 9.17) is 14.6 Å². The highest BCUT2D eigenvalue weighted by Gasteiger charge is 2.13. The van der Waals surface area contributed by atoms with Crippen LogP contribution in [0.4, 0.5) is 5.69 Å². The van der Waals surface area contributed by atoms with Crippen molar-refractivity contribution >= 4 is 33.0 Å². The fourth-order valence-electron chi connectivity index (χ4n) is 2.56. The lowest BCUT2D eigenvalue weighted by Crippen LogP contribution is -2.15. The van der Waals surface area contributed by atoms with Crippen molar-refractivity contribution in [3.8, 4) is 11.5 Å². The van der Waals surface area contributed by atoms with Crippen molar-refractivity contribution in [3.05, 3.63) is 70.2 Å². The molecule has 0 spiro atoms. The first kappa shape index (κ1) is 20.8. The molecule has 1 heterocycles. The Morgan fingerprint density at radius 1 is 1.21 bits per heavy atom. The topological polar surface area (TPSA) is 121 Å². The summed E-state index contributed by atoms with van der Waals surface area (Å²) >= 11 is 1.48. The van der Waals surface area contributed by atoms with Crippen molar-refractivity contribution in [3.63, 3.8) is 0 Å². The number of anilines is 1. The smallest absolute Gasteiger partial charge is 0.255 e. The van der Waals surface area contributed by atoms with Crippen LogP contribution in [0.1, 0.15) is 21.6 Å². The number of amides is 1. The van der Waals surface area contributed by atoms with Crippen LogP contribution in [0.3, 0.4) is 0 Å². The summed E-state index contributed by atoms with van der Waals surface area (Å²) in [4.78, 5) is 16.7. The number of ether oxygens (including phenoxy) is 2. The third-order valence-corrected chi connectivity index (χ3v) is 5.21. The molecule has 0 atom stereocenters. The van der Waals surface area contributed by atoms with Crippen LogP contribution in [0.15, 0.2) is 53.4 Å². The molecule has 29 heavy (non-hydrogen) atoms. The molecule has 0 saturated carbocycles. The van der Waals surface area contributed by atoms with E-state index in [9.17, 15) is 13.2 Å². The van der Waals surface area contributed by atoms with E-state index in [2.05, 4.69) is 10.3 Å². The Hall–Kier alpha value is -2.95. The zero-order valence-electron chi connectivity index (χ0n) is 15.5. The molecule has 8 nitrogen and oxygen atoms in total. The van der Waals surface area contributed by atoms with Crippen molar-refractivity contribution in [2.75, 3.05) is 12.4 Å². The van der Waals surface area contributed by atoms with Gasteiger partial charge in [0, 0.05) is 16.6 Å². The largest absolute Gasteiger partial charge is 0.493 e. The molecule has 1 aromatic heterocycles. The first-order valence-electron chi connectivity index (χ1n) is 8.43. The molecular formula is C19H19N3O5S2. The summed E-state index contributed by atoms with van der Waals surface area (Å²) < 4.78 is 33.5. The minimum absolute atomic E-state index is 0.294. The van der Waals surface area contributed by atoms with Gasteiger partial charge in [-0.15, -0.1) is 11.3 Å². The number of carbonyl (C=O) groups excluding carboxylic acids is 1. The third-order valence-electron chi connectivity index (χ3n) is 3.84. The fourth-order valence-corrected chi connectivity index (χ4v) is 3.75. The summed E-state index contributed by atoms with van der Waals surface area (Å²) in [7, 11) is -2.17. The van der Waals surface area contributed by atoms with Gasteiger partial charge in [-0.05, 0) is 35.9 Å². The maximum atomic E-state index is 12.6. The Labute approximate surface area is 172 Å². The normalized spacial score (nSPS) is 11.1. The standard InChI is InChI=1S/C19H19N3O5S2/c1-26-18-8-14(5-6-17(18)27-9-16-10-28-12-21-16)19(23)22-15-4-2-3-13(7-15)11-29(20,24)25/h2-8,10,12H,9,11H2,1H3,(H,22,23)(H2,20,24,25). The maximum Gasteiger partial charge on any atom is 0.255 e. The summed E-state index contributed by atoms with van der Waals surface area (Å²) in [6.45, 7) is 0.294. The van der Waals surface area contributed by atoms with Crippen LogP contribution >= 0.6 is 11.3 Å². The number of hydrogen-bond donors (Lipinski definition) is 2. The molecule has 0 fully saturated rings. The SMILES string of the molecule is COc1cc(C(=O)Nc2cccc(CS(N)(=O)=O)c2)ccc1OCc1cscn1.